The number of anilines is 2. The number of aromatic nitrogens is 1. The van der Waals surface area contributed by atoms with E-state index in [0.29, 0.717) is 5.69 Å². The van der Waals surface area contributed by atoms with Gasteiger partial charge in [-0.05, 0) is 48.0 Å². The van der Waals surface area contributed by atoms with E-state index in [4.69, 9.17) is 4.84 Å². The van der Waals surface area contributed by atoms with Gasteiger partial charge >= 0.3 is 0 Å². The van der Waals surface area contributed by atoms with Crippen LogP contribution in [0, 0.1) is 5.92 Å². The zero-order chi connectivity index (χ0) is 20.0. The lowest BCUT2D eigenvalue weighted by molar-refractivity contribution is -0.126. The Morgan fingerprint density at radius 1 is 0.862 bits per heavy atom. The van der Waals surface area contributed by atoms with Crippen LogP contribution in [0.25, 0.3) is 0 Å². The summed E-state index contributed by atoms with van der Waals surface area (Å²) in [5.74, 6) is -1.27. The molecule has 2 saturated heterocycles. The van der Waals surface area contributed by atoms with E-state index in [0.717, 1.165) is 15.7 Å². The van der Waals surface area contributed by atoms with Crippen LogP contribution in [0.2, 0.25) is 0 Å². The van der Waals surface area contributed by atoms with Gasteiger partial charge in [0, 0.05) is 16.9 Å². The van der Waals surface area contributed by atoms with Crippen molar-refractivity contribution in [3.63, 3.8) is 0 Å². The minimum absolute atomic E-state index is 0.265. The summed E-state index contributed by atoms with van der Waals surface area (Å²) in [5, 5.41) is 1.68. The second-order valence-electron chi connectivity index (χ2n) is 6.93. The topological polar surface area (TPSA) is 62.7 Å². The van der Waals surface area contributed by atoms with Crippen molar-refractivity contribution in [1.82, 2.24) is 4.98 Å². The van der Waals surface area contributed by atoms with E-state index in [1.165, 1.54) is 4.90 Å². The van der Waals surface area contributed by atoms with E-state index in [-0.39, 0.29) is 11.8 Å². The molecule has 2 aromatic carbocycles. The van der Waals surface area contributed by atoms with Crippen LogP contribution < -0.4 is 9.96 Å². The molecule has 3 atom stereocenters. The normalized spacial score (nSPS) is 23.6. The van der Waals surface area contributed by atoms with Crippen molar-refractivity contribution < 1.29 is 14.4 Å². The predicted octanol–water partition coefficient (Wildman–Crippen LogP) is 3.90. The fourth-order valence-corrected chi connectivity index (χ4v) is 4.37. The molecule has 0 spiro atoms. The second-order valence-corrected chi connectivity index (χ2v) is 7.85. The summed E-state index contributed by atoms with van der Waals surface area (Å²) >= 11 is 3.40. The molecule has 0 unspecified atom stereocenters. The van der Waals surface area contributed by atoms with Gasteiger partial charge in [0.15, 0.2) is 6.10 Å². The summed E-state index contributed by atoms with van der Waals surface area (Å²) in [4.78, 5) is 38.0. The summed E-state index contributed by atoms with van der Waals surface area (Å²) in [6.45, 7) is 0. The van der Waals surface area contributed by atoms with E-state index >= 15 is 0 Å². The Morgan fingerprint density at radius 3 is 2.31 bits per heavy atom. The number of imide groups is 1. The average molecular weight is 450 g/mol. The monoisotopic (exact) mass is 449 g/mol. The zero-order valence-corrected chi connectivity index (χ0v) is 16.8. The maximum absolute atomic E-state index is 13.4. The molecular weight excluding hydrogens is 434 g/mol. The summed E-state index contributed by atoms with van der Waals surface area (Å²) in [6, 6.07) is 19.9. The SMILES string of the molecule is O=C1[C@@H]2[C@@H](ON(c3ccccc3)[C@H]2c2ccncc2)C(=O)N1c1cccc(Br)c1. The van der Waals surface area contributed by atoms with Crippen LogP contribution in [0.1, 0.15) is 11.6 Å². The molecule has 2 aliphatic rings. The molecule has 0 saturated carbocycles. The Morgan fingerprint density at radius 2 is 1.59 bits per heavy atom. The molecule has 0 aliphatic carbocycles. The molecule has 3 heterocycles. The van der Waals surface area contributed by atoms with Gasteiger partial charge in [0.2, 0.25) is 5.91 Å². The largest absolute Gasteiger partial charge is 0.273 e. The third-order valence-corrected chi connectivity index (χ3v) is 5.73. The Labute approximate surface area is 175 Å². The van der Waals surface area contributed by atoms with E-state index in [1.807, 2.05) is 48.5 Å². The Balaban J connectivity index is 1.59. The maximum atomic E-state index is 13.4. The van der Waals surface area contributed by atoms with Gasteiger partial charge in [-0.3, -0.25) is 19.4 Å². The minimum Gasteiger partial charge on any atom is -0.273 e. The summed E-state index contributed by atoms with van der Waals surface area (Å²) in [6.07, 6.45) is 2.48. The third-order valence-electron chi connectivity index (χ3n) is 5.24. The van der Waals surface area contributed by atoms with Crippen LogP contribution >= 0.6 is 15.9 Å². The fraction of sp³-hybridized carbons (Fsp3) is 0.136. The number of fused-ring (bicyclic) bond motifs is 1. The highest BCUT2D eigenvalue weighted by Crippen LogP contribution is 2.47. The molecular formula is C22H16BrN3O3. The van der Waals surface area contributed by atoms with Crippen LogP contribution in [0.15, 0.2) is 83.6 Å². The molecule has 2 fully saturated rings. The number of amides is 2. The first kappa shape index (κ1) is 18.0. The molecule has 3 aromatic rings. The Hall–Kier alpha value is -3.03. The van der Waals surface area contributed by atoms with Crippen LogP contribution in [-0.2, 0) is 14.4 Å². The first-order valence-corrected chi connectivity index (χ1v) is 9.99. The number of pyridine rings is 1. The molecule has 2 amide bonds. The summed E-state index contributed by atoms with van der Waals surface area (Å²) in [7, 11) is 0. The van der Waals surface area contributed by atoms with Gasteiger partial charge in [0.25, 0.3) is 5.91 Å². The fourth-order valence-electron chi connectivity index (χ4n) is 3.98. The van der Waals surface area contributed by atoms with E-state index < -0.39 is 18.1 Å². The number of rotatable bonds is 3. The molecule has 0 radical (unpaired) electrons. The van der Waals surface area contributed by atoms with Crippen molar-refractivity contribution in [3.05, 3.63) is 89.2 Å². The van der Waals surface area contributed by atoms with Gasteiger partial charge in [-0.15, -0.1) is 0 Å². The molecule has 6 nitrogen and oxygen atoms in total. The quantitative estimate of drug-likeness (QED) is 0.567. The smallest absolute Gasteiger partial charge is 0.266 e. The van der Waals surface area contributed by atoms with Crippen molar-refractivity contribution in [2.24, 2.45) is 5.92 Å². The number of para-hydroxylation sites is 1. The molecule has 144 valence electrons. The van der Waals surface area contributed by atoms with Crippen molar-refractivity contribution in [2.75, 3.05) is 9.96 Å². The third kappa shape index (κ3) is 2.94. The zero-order valence-electron chi connectivity index (χ0n) is 15.2. The van der Waals surface area contributed by atoms with Crippen molar-refractivity contribution in [3.8, 4) is 0 Å². The molecule has 5 rings (SSSR count). The number of carbonyl (C=O) groups is 2. The molecule has 29 heavy (non-hydrogen) atoms. The van der Waals surface area contributed by atoms with Gasteiger partial charge in [-0.1, -0.05) is 40.2 Å². The lowest BCUT2D eigenvalue weighted by Gasteiger charge is -2.28. The van der Waals surface area contributed by atoms with E-state index in [9.17, 15) is 9.59 Å². The molecule has 1 aromatic heterocycles. The second kappa shape index (κ2) is 7.09. The predicted molar refractivity (Wildman–Crippen MR) is 111 cm³/mol. The maximum Gasteiger partial charge on any atom is 0.266 e. The van der Waals surface area contributed by atoms with Crippen molar-refractivity contribution >= 4 is 39.1 Å². The van der Waals surface area contributed by atoms with Gasteiger partial charge in [0.05, 0.1) is 17.4 Å². The number of halogens is 1. The Kier molecular flexibility index (Phi) is 4.41. The number of carbonyl (C=O) groups excluding carboxylic acids is 2. The number of hydroxylamine groups is 1. The minimum atomic E-state index is -0.875. The molecule has 0 bridgehead atoms. The number of hydrogen-bond acceptors (Lipinski definition) is 5. The standard InChI is InChI=1S/C22H16BrN3O3/c23-15-5-4-8-17(13-15)25-21(27)18-19(14-9-11-24-12-10-14)26(29-20(18)22(25)28)16-6-2-1-3-7-16/h1-13,18-20H/t18-,19-,20+/m0/s1. The van der Waals surface area contributed by atoms with Gasteiger partial charge < -0.3 is 0 Å². The lowest BCUT2D eigenvalue weighted by Crippen LogP contribution is -2.37. The van der Waals surface area contributed by atoms with Crippen LogP contribution in [-0.4, -0.2) is 22.9 Å². The summed E-state index contributed by atoms with van der Waals surface area (Å²) < 4.78 is 0.796. The number of nitrogens with zero attached hydrogens (tertiary/aromatic N) is 3. The van der Waals surface area contributed by atoms with Gasteiger partial charge in [-0.25, -0.2) is 9.96 Å². The van der Waals surface area contributed by atoms with Crippen LogP contribution in [0.4, 0.5) is 11.4 Å². The highest BCUT2D eigenvalue weighted by atomic mass is 79.9. The molecule has 7 heteroatoms. The first-order valence-electron chi connectivity index (χ1n) is 9.19. The number of benzene rings is 2. The lowest BCUT2D eigenvalue weighted by atomic mass is 9.91. The average Bonchev–Trinajstić information content (AvgIpc) is 3.26. The van der Waals surface area contributed by atoms with Crippen LogP contribution in [0.5, 0.6) is 0 Å². The highest BCUT2D eigenvalue weighted by molar-refractivity contribution is 9.10. The first-order chi connectivity index (χ1) is 14.1. The van der Waals surface area contributed by atoms with E-state index in [2.05, 4.69) is 20.9 Å². The number of hydrogen-bond donors (Lipinski definition) is 0. The highest BCUT2D eigenvalue weighted by Gasteiger charge is 2.60. The van der Waals surface area contributed by atoms with E-state index in [1.54, 1.807) is 35.7 Å². The summed E-state index contributed by atoms with van der Waals surface area (Å²) in [5.41, 5.74) is 2.19. The van der Waals surface area contributed by atoms with Crippen molar-refractivity contribution in [1.29, 1.82) is 0 Å². The van der Waals surface area contributed by atoms with Crippen molar-refractivity contribution in [2.45, 2.75) is 12.1 Å². The van der Waals surface area contributed by atoms with Gasteiger partial charge in [0.1, 0.15) is 5.92 Å². The molecule has 0 N–H and O–H groups in total. The van der Waals surface area contributed by atoms with Crippen LogP contribution in [0.3, 0.4) is 0 Å². The van der Waals surface area contributed by atoms with Gasteiger partial charge in [-0.2, -0.15) is 0 Å². The molecule has 2 aliphatic heterocycles. The Bertz CT molecular complexity index is 1080.